The first-order valence-electron chi connectivity index (χ1n) is 11.2. The van der Waals surface area contributed by atoms with Crippen molar-refractivity contribution in [3.8, 4) is 34.4 Å². The zero-order valence-electron chi connectivity index (χ0n) is 19.4. The highest BCUT2D eigenvalue weighted by Gasteiger charge is 2.19. The van der Waals surface area contributed by atoms with E-state index in [-0.39, 0.29) is 6.61 Å². The summed E-state index contributed by atoms with van der Waals surface area (Å²) in [6.45, 7) is 0.191. The second kappa shape index (κ2) is 10.8. The predicted molar refractivity (Wildman–Crippen MR) is 137 cm³/mol. The third-order valence-electron chi connectivity index (χ3n) is 5.42. The van der Waals surface area contributed by atoms with Crippen LogP contribution in [0.2, 0.25) is 0 Å². The number of hydrogen-bond donors (Lipinski definition) is 0. The second-order valence-corrected chi connectivity index (χ2v) is 8.64. The summed E-state index contributed by atoms with van der Waals surface area (Å²) < 4.78 is 13.8. The van der Waals surface area contributed by atoms with Crippen molar-refractivity contribution < 1.29 is 9.47 Å². The molecule has 0 unspecified atom stereocenters. The van der Waals surface area contributed by atoms with Gasteiger partial charge in [0, 0.05) is 11.8 Å². The molecule has 3 aromatic carbocycles. The Morgan fingerprint density at radius 1 is 0.861 bits per heavy atom. The van der Waals surface area contributed by atoms with Crippen molar-refractivity contribution in [3.63, 3.8) is 0 Å². The molecule has 0 saturated heterocycles. The highest BCUT2D eigenvalue weighted by Crippen LogP contribution is 2.33. The Morgan fingerprint density at radius 2 is 1.61 bits per heavy atom. The highest BCUT2D eigenvalue weighted by molar-refractivity contribution is 7.99. The fraction of sp³-hybridized carbons (Fsp3) is 0.0714. The van der Waals surface area contributed by atoms with E-state index in [9.17, 15) is 0 Å². The lowest BCUT2D eigenvalue weighted by molar-refractivity contribution is 0.293. The number of methoxy groups -OCH3 is 1. The molecule has 0 aliphatic carbocycles. The molecule has 36 heavy (non-hydrogen) atoms. The maximum absolute atomic E-state index is 9.07. The highest BCUT2D eigenvalue weighted by atomic mass is 32.2. The molecule has 8 heteroatoms. The Kier molecular flexibility index (Phi) is 6.92. The molecule has 0 aliphatic heterocycles. The summed E-state index contributed by atoms with van der Waals surface area (Å²) in [5.41, 5.74) is 3.35. The number of aromatic nitrogens is 4. The molecular formula is C28H21N5O2S. The molecule has 7 nitrogen and oxygen atoms in total. The molecule has 0 radical (unpaired) electrons. The number of nitriles is 1. The van der Waals surface area contributed by atoms with E-state index in [2.05, 4.69) is 33.4 Å². The quantitative estimate of drug-likeness (QED) is 0.265. The minimum atomic E-state index is 0.191. The topological polar surface area (TPSA) is 85.9 Å². The SMILES string of the molecule is COc1ccccc1-n1c(COc2ccccc2-c2ccccc2)nnc1Sc1ccc(C#N)cn1. The summed E-state index contributed by atoms with van der Waals surface area (Å²) in [6.07, 6.45) is 1.54. The van der Waals surface area contributed by atoms with Crippen molar-refractivity contribution in [1.82, 2.24) is 19.7 Å². The van der Waals surface area contributed by atoms with Gasteiger partial charge in [-0.15, -0.1) is 10.2 Å². The van der Waals surface area contributed by atoms with Gasteiger partial charge in [-0.3, -0.25) is 4.57 Å². The van der Waals surface area contributed by atoms with E-state index in [0.29, 0.717) is 27.3 Å². The molecule has 5 rings (SSSR count). The average molecular weight is 492 g/mol. The van der Waals surface area contributed by atoms with Crippen LogP contribution in [-0.2, 0) is 6.61 Å². The van der Waals surface area contributed by atoms with E-state index >= 15 is 0 Å². The van der Waals surface area contributed by atoms with Gasteiger partial charge in [-0.1, -0.05) is 60.7 Å². The normalized spacial score (nSPS) is 10.6. The van der Waals surface area contributed by atoms with Crippen LogP contribution >= 0.6 is 11.8 Å². The van der Waals surface area contributed by atoms with Crippen LogP contribution in [-0.4, -0.2) is 26.9 Å². The minimum Gasteiger partial charge on any atom is -0.495 e. The largest absolute Gasteiger partial charge is 0.495 e. The van der Waals surface area contributed by atoms with E-state index in [4.69, 9.17) is 14.7 Å². The van der Waals surface area contributed by atoms with Crippen LogP contribution in [0.4, 0.5) is 0 Å². The predicted octanol–water partition coefficient (Wildman–Crippen LogP) is 5.94. The van der Waals surface area contributed by atoms with Gasteiger partial charge in [0.05, 0.1) is 18.4 Å². The van der Waals surface area contributed by atoms with Gasteiger partial charge in [-0.2, -0.15) is 5.26 Å². The van der Waals surface area contributed by atoms with Crippen LogP contribution < -0.4 is 9.47 Å². The maximum Gasteiger partial charge on any atom is 0.202 e. The van der Waals surface area contributed by atoms with Crippen LogP contribution in [0.25, 0.3) is 16.8 Å². The first-order valence-corrected chi connectivity index (χ1v) is 12.0. The van der Waals surface area contributed by atoms with Gasteiger partial charge in [0.1, 0.15) is 29.2 Å². The van der Waals surface area contributed by atoms with E-state index in [1.165, 1.54) is 18.0 Å². The lowest BCUT2D eigenvalue weighted by atomic mass is 10.1. The molecule has 0 atom stereocenters. The fourth-order valence-electron chi connectivity index (χ4n) is 3.71. The van der Waals surface area contributed by atoms with E-state index in [1.807, 2.05) is 71.3 Å². The molecule has 2 heterocycles. The molecule has 0 N–H and O–H groups in total. The smallest absolute Gasteiger partial charge is 0.202 e. The number of rotatable bonds is 8. The van der Waals surface area contributed by atoms with Crippen molar-refractivity contribution in [2.45, 2.75) is 16.8 Å². The standard InChI is InChI=1S/C28H21N5O2S/c1-34-25-14-8-6-12-23(25)33-26(31-32-28(33)36-27-16-15-20(17-29)18-30-27)19-35-24-13-7-5-11-22(24)21-9-3-2-4-10-21/h2-16,18H,19H2,1H3. The van der Waals surface area contributed by atoms with Gasteiger partial charge in [-0.05, 0) is 47.7 Å². The Labute approximate surface area is 213 Å². The van der Waals surface area contributed by atoms with Crippen molar-refractivity contribution in [1.29, 1.82) is 5.26 Å². The molecule has 0 saturated carbocycles. The van der Waals surface area contributed by atoms with Crippen molar-refractivity contribution in [3.05, 3.63) is 109 Å². The zero-order chi connectivity index (χ0) is 24.7. The van der Waals surface area contributed by atoms with E-state index in [1.54, 1.807) is 19.2 Å². The number of ether oxygens (including phenoxy) is 2. The monoisotopic (exact) mass is 491 g/mol. The summed E-state index contributed by atoms with van der Waals surface area (Å²) in [5.74, 6) is 2.04. The third kappa shape index (κ3) is 4.92. The van der Waals surface area contributed by atoms with E-state index < -0.39 is 0 Å². The Hall–Kier alpha value is -4.61. The third-order valence-corrected chi connectivity index (χ3v) is 6.31. The Morgan fingerprint density at radius 3 is 2.36 bits per heavy atom. The fourth-order valence-corrected chi connectivity index (χ4v) is 4.51. The molecule has 0 amide bonds. The minimum absolute atomic E-state index is 0.191. The number of pyridine rings is 1. The average Bonchev–Trinajstić information content (AvgIpc) is 3.34. The lowest BCUT2D eigenvalue weighted by Crippen LogP contribution is -2.08. The van der Waals surface area contributed by atoms with E-state index in [0.717, 1.165) is 22.6 Å². The summed E-state index contributed by atoms with van der Waals surface area (Å²) in [6, 6.07) is 31.3. The zero-order valence-corrected chi connectivity index (χ0v) is 20.2. The first-order chi connectivity index (χ1) is 17.8. The summed E-state index contributed by atoms with van der Waals surface area (Å²) in [5, 5.41) is 19.2. The van der Waals surface area contributed by atoms with Gasteiger partial charge >= 0.3 is 0 Å². The molecule has 0 aliphatic rings. The molecule has 0 bridgehead atoms. The molecular weight excluding hydrogens is 470 g/mol. The van der Waals surface area contributed by atoms with Crippen LogP contribution in [0, 0.1) is 11.3 Å². The van der Waals surface area contributed by atoms with Crippen LogP contribution in [0.15, 0.2) is 107 Å². The van der Waals surface area contributed by atoms with Crippen molar-refractivity contribution in [2.75, 3.05) is 7.11 Å². The van der Waals surface area contributed by atoms with Gasteiger partial charge in [0.2, 0.25) is 5.16 Å². The molecule has 2 aromatic heterocycles. The van der Waals surface area contributed by atoms with Gasteiger partial charge in [0.25, 0.3) is 0 Å². The summed E-state index contributed by atoms with van der Waals surface area (Å²) in [4.78, 5) is 4.37. The molecule has 5 aromatic rings. The number of benzene rings is 3. The first kappa shape index (κ1) is 23.1. The van der Waals surface area contributed by atoms with Crippen molar-refractivity contribution in [2.24, 2.45) is 0 Å². The molecule has 0 spiro atoms. The summed E-state index contributed by atoms with van der Waals surface area (Å²) >= 11 is 1.35. The second-order valence-electron chi connectivity index (χ2n) is 7.66. The van der Waals surface area contributed by atoms with Gasteiger partial charge in [-0.25, -0.2) is 4.98 Å². The lowest BCUT2D eigenvalue weighted by Gasteiger charge is -2.15. The Balaban J connectivity index is 1.50. The molecule has 176 valence electrons. The number of nitrogens with zero attached hydrogens (tertiary/aromatic N) is 5. The van der Waals surface area contributed by atoms with Gasteiger partial charge < -0.3 is 9.47 Å². The summed E-state index contributed by atoms with van der Waals surface area (Å²) in [7, 11) is 1.63. The van der Waals surface area contributed by atoms with Gasteiger partial charge in [0.15, 0.2) is 5.82 Å². The van der Waals surface area contributed by atoms with Crippen LogP contribution in [0.3, 0.4) is 0 Å². The van der Waals surface area contributed by atoms with Crippen LogP contribution in [0.1, 0.15) is 11.4 Å². The van der Waals surface area contributed by atoms with Crippen molar-refractivity contribution >= 4 is 11.8 Å². The number of hydrogen-bond acceptors (Lipinski definition) is 7. The van der Waals surface area contributed by atoms with Crippen LogP contribution in [0.5, 0.6) is 11.5 Å². The maximum atomic E-state index is 9.07. The Bertz CT molecular complexity index is 1510. The molecule has 0 fully saturated rings. The number of para-hydroxylation sites is 3.